The van der Waals surface area contributed by atoms with E-state index >= 15 is 0 Å². The molecular weight excluding hydrogens is 554 g/mol. The minimum atomic E-state index is -4.43. The van der Waals surface area contributed by atoms with Crippen molar-refractivity contribution in [3.63, 3.8) is 0 Å². The lowest BCUT2D eigenvalue weighted by molar-refractivity contribution is -0.126. The number of methoxy groups -OCH3 is 1. The molecule has 1 aliphatic heterocycles. The maximum atomic E-state index is 14.3. The van der Waals surface area contributed by atoms with Crippen molar-refractivity contribution in [3.05, 3.63) is 79.3 Å². The molecular formula is C28H26F2N6O4S. The monoisotopic (exact) mass is 580 g/mol. The number of amides is 1. The van der Waals surface area contributed by atoms with Gasteiger partial charge in [0, 0.05) is 42.3 Å². The Labute approximate surface area is 235 Å². The summed E-state index contributed by atoms with van der Waals surface area (Å²) in [5.74, 6) is -1.62. The van der Waals surface area contributed by atoms with Crippen LogP contribution in [-0.2, 0) is 14.8 Å². The number of carbonyl (C=O) groups is 1. The molecule has 2 N–H and O–H groups in total. The van der Waals surface area contributed by atoms with Gasteiger partial charge in [0.1, 0.15) is 34.4 Å². The third-order valence-corrected chi connectivity index (χ3v) is 8.16. The van der Waals surface area contributed by atoms with Gasteiger partial charge in [-0.15, -0.1) is 0 Å². The summed E-state index contributed by atoms with van der Waals surface area (Å²) in [7, 11) is -3.11. The van der Waals surface area contributed by atoms with Gasteiger partial charge >= 0.3 is 0 Å². The predicted octanol–water partition coefficient (Wildman–Crippen LogP) is 4.37. The number of likely N-dealkylation sites (tertiary alicyclic amines) is 1. The van der Waals surface area contributed by atoms with Gasteiger partial charge in [0.15, 0.2) is 0 Å². The van der Waals surface area contributed by atoms with Gasteiger partial charge in [-0.1, -0.05) is 12.6 Å². The number of halogens is 2. The van der Waals surface area contributed by atoms with E-state index in [0.29, 0.717) is 41.6 Å². The normalized spacial score (nSPS) is 14.1. The molecule has 0 atom stereocenters. The van der Waals surface area contributed by atoms with Crippen molar-refractivity contribution >= 4 is 38.3 Å². The number of aromatic nitrogens is 3. The van der Waals surface area contributed by atoms with E-state index < -0.39 is 26.6 Å². The summed E-state index contributed by atoms with van der Waals surface area (Å²) in [6, 6.07) is 9.27. The maximum Gasteiger partial charge on any atom is 0.264 e. The fraction of sp³-hybridized carbons (Fsp3) is 0.214. The van der Waals surface area contributed by atoms with Crippen LogP contribution in [0.25, 0.3) is 22.0 Å². The molecule has 1 saturated heterocycles. The Morgan fingerprint density at radius 2 is 1.85 bits per heavy atom. The smallest absolute Gasteiger partial charge is 0.264 e. The number of pyridine rings is 1. The molecule has 0 spiro atoms. The van der Waals surface area contributed by atoms with Crippen molar-refractivity contribution in [1.29, 1.82) is 0 Å². The molecule has 41 heavy (non-hydrogen) atoms. The number of anilines is 2. The predicted molar refractivity (Wildman–Crippen MR) is 150 cm³/mol. The number of hydrogen-bond donors (Lipinski definition) is 2. The molecule has 0 aliphatic carbocycles. The molecule has 1 amide bonds. The van der Waals surface area contributed by atoms with E-state index in [4.69, 9.17) is 4.74 Å². The van der Waals surface area contributed by atoms with Gasteiger partial charge in [-0.3, -0.25) is 9.52 Å². The highest BCUT2D eigenvalue weighted by molar-refractivity contribution is 7.92. The molecule has 5 rings (SSSR count). The number of nitrogens with zero attached hydrogens (tertiary/aromatic N) is 4. The third-order valence-electron chi connectivity index (χ3n) is 6.76. The van der Waals surface area contributed by atoms with E-state index in [9.17, 15) is 22.0 Å². The summed E-state index contributed by atoms with van der Waals surface area (Å²) in [5.41, 5.74) is 1.89. The highest BCUT2D eigenvalue weighted by Gasteiger charge is 2.24. The molecule has 10 nitrogen and oxygen atoms in total. The third kappa shape index (κ3) is 5.94. The van der Waals surface area contributed by atoms with Crippen LogP contribution in [0.4, 0.5) is 20.3 Å². The summed E-state index contributed by atoms with van der Waals surface area (Å²) in [6.07, 6.45) is 5.78. The summed E-state index contributed by atoms with van der Waals surface area (Å²) >= 11 is 0. The van der Waals surface area contributed by atoms with E-state index in [1.165, 1.54) is 31.8 Å². The fourth-order valence-corrected chi connectivity index (χ4v) is 5.77. The van der Waals surface area contributed by atoms with Crippen molar-refractivity contribution in [3.8, 4) is 17.0 Å². The Bertz CT molecular complexity index is 1740. The summed E-state index contributed by atoms with van der Waals surface area (Å²) in [6.45, 7) is 4.76. The number of hydrogen-bond acceptors (Lipinski definition) is 8. The fourth-order valence-electron chi connectivity index (χ4n) is 4.66. The maximum absolute atomic E-state index is 14.3. The second-order valence-electron chi connectivity index (χ2n) is 9.36. The van der Waals surface area contributed by atoms with Gasteiger partial charge in [0.25, 0.3) is 10.0 Å². The highest BCUT2D eigenvalue weighted by Crippen LogP contribution is 2.33. The van der Waals surface area contributed by atoms with Crippen molar-refractivity contribution in [2.45, 2.75) is 23.8 Å². The molecule has 1 aliphatic rings. The molecule has 212 valence electrons. The number of carbonyl (C=O) groups excluding carboxylic acids is 1. The van der Waals surface area contributed by atoms with Crippen LogP contribution in [0.3, 0.4) is 0 Å². The first-order valence-corrected chi connectivity index (χ1v) is 14.1. The summed E-state index contributed by atoms with van der Waals surface area (Å²) in [5, 5.41) is 4.20. The van der Waals surface area contributed by atoms with Crippen molar-refractivity contribution in [2.75, 3.05) is 30.2 Å². The lowest BCUT2D eigenvalue weighted by atomic mass is 10.0. The second kappa shape index (κ2) is 11.5. The van der Waals surface area contributed by atoms with Crippen molar-refractivity contribution in [1.82, 2.24) is 19.9 Å². The van der Waals surface area contributed by atoms with Gasteiger partial charge in [-0.25, -0.2) is 32.2 Å². The number of fused-ring (bicyclic) bond motifs is 1. The van der Waals surface area contributed by atoms with Gasteiger partial charge in [0.05, 0.1) is 12.6 Å². The molecule has 0 unspecified atom stereocenters. The Morgan fingerprint density at radius 3 is 2.56 bits per heavy atom. The molecule has 1 fully saturated rings. The number of piperidine rings is 1. The Hall–Kier alpha value is -4.65. The topological polar surface area (TPSA) is 126 Å². The van der Waals surface area contributed by atoms with E-state index in [1.807, 2.05) is 12.1 Å². The number of rotatable bonds is 8. The van der Waals surface area contributed by atoms with Gasteiger partial charge in [0.2, 0.25) is 11.8 Å². The largest absolute Gasteiger partial charge is 0.480 e. The minimum Gasteiger partial charge on any atom is -0.480 e. The van der Waals surface area contributed by atoms with Crippen molar-refractivity contribution in [2.24, 2.45) is 0 Å². The zero-order valence-electron chi connectivity index (χ0n) is 22.0. The molecule has 4 aromatic rings. The van der Waals surface area contributed by atoms with E-state index in [2.05, 4.69) is 31.6 Å². The minimum absolute atomic E-state index is 0.0303. The van der Waals surface area contributed by atoms with Gasteiger partial charge < -0.3 is 15.0 Å². The van der Waals surface area contributed by atoms with Crippen LogP contribution in [0.5, 0.6) is 5.88 Å². The highest BCUT2D eigenvalue weighted by atomic mass is 32.2. The van der Waals surface area contributed by atoms with Gasteiger partial charge in [-0.05, 0) is 54.8 Å². The number of nitrogens with one attached hydrogen (secondary N) is 2. The van der Waals surface area contributed by atoms with E-state index in [0.717, 1.165) is 30.4 Å². The average molecular weight is 581 g/mol. The van der Waals surface area contributed by atoms with Crippen LogP contribution in [0, 0.1) is 11.6 Å². The standard InChI is InChI=1S/C28H26F2N6O4S/c1-3-26(37)36-10-8-20(9-11-36)34-27-21-12-17(4-6-23(21)32-16-33-27)18-13-24(28(40-2)31-15-18)35-41(38,39)25-7-5-19(29)14-22(25)30/h3-7,12-16,20,35H,1,8-11H2,2H3,(H,32,33,34). The molecule has 0 radical (unpaired) electrons. The lowest BCUT2D eigenvalue weighted by Crippen LogP contribution is -2.41. The number of benzene rings is 2. The Morgan fingerprint density at radius 1 is 1.07 bits per heavy atom. The summed E-state index contributed by atoms with van der Waals surface area (Å²) < 4.78 is 61.0. The van der Waals surface area contributed by atoms with Crippen LogP contribution in [0.15, 0.2) is 72.5 Å². The van der Waals surface area contributed by atoms with Crippen LogP contribution >= 0.6 is 0 Å². The quantitative estimate of drug-likeness (QED) is 0.294. The number of sulfonamides is 1. The second-order valence-corrected chi connectivity index (χ2v) is 11.0. The zero-order chi connectivity index (χ0) is 29.1. The first-order chi connectivity index (χ1) is 19.7. The van der Waals surface area contributed by atoms with Crippen LogP contribution in [0.1, 0.15) is 12.8 Å². The molecule has 13 heteroatoms. The van der Waals surface area contributed by atoms with Gasteiger partial charge in [-0.2, -0.15) is 0 Å². The molecule has 2 aromatic carbocycles. The Kier molecular flexibility index (Phi) is 7.79. The first-order valence-electron chi connectivity index (χ1n) is 12.6. The first kappa shape index (κ1) is 27.9. The van der Waals surface area contributed by atoms with E-state index in [-0.39, 0.29) is 23.5 Å². The molecule has 0 bridgehead atoms. The van der Waals surface area contributed by atoms with Crippen LogP contribution in [0.2, 0.25) is 0 Å². The number of ether oxygens (including phenoxy) is 1. The van der Waals surface area contributed by atoms with Crippen molar-refractivity contribution < 1.29 is 26.7 Å². The lowest BCUT2D eigenvalue weighted by Gasteiger charge is -2.32. The zero-order valence-corrected chi connectivity index (χ0v) is 22.8. The average Bonchev–Trinajstić information content (AvgIpc) is 2.96. The van der Waals surface area contributed by atoms with Crippen LogP contribution in [-0.4, -0.2) is 60.4 Å². The van der Waals surface area contributed by atoms with Crippen LogP contribution < -0.4 is 14.8 Å². The molecule has 2 aromatic heterocycles. The summed E-state index contributed by atoms with van der Waals surface area (Å²) in [4.78, 5) is 26.0. The molecule has 0 saturated carbocycles. The van der Waals surface area contributed by atoms with E-state index in [1.54, 1.807) is 11.0 Å². The Balaban J connectivity index is 1.44. The molecule has 3 heterocycles. The SMILES string of the molecule is C=CC(=O)N1CCC(Nc2ncnc3ccc(-c4cnc(OC)c(NS(=O)(=O)c5ccc(F)cc5F)c4)cc23)CC1.